The number of aliphatic carboxylic acids is 1. The van der Waals surface area contributed by atoms with Crippen LogP contribution in [0.25, 0.3) is 6.08 Å². The van der Waals surface area contributed by atoms with Crippen molar-refractivity contribution in [1.82, 2.24) is 5.32 Å². The molecule has 1 aliphatic rings. The molecule has 116 valence electrons. The molecule has 2 rings (SSSR count). The van der Waals surface area contributed by atoms with E-state index >= 15 is 0 Å². The largest absolute Gasteiger partial charge is 0.481 e. The van der Waals surface area contributed by atoms with Gasteiger partial charge in [-0.25, -0.2) is 0 Å². The molecule has 0 radical (unpaired) electrons. The number of hydrogen-bond acceptors (Lipinski definition) is 5. The fourth-order valence-corrected chi connectivity index (χ4v) is 3.02. The Labute approximate surface area is 142 Å². The number of carboxylic acids is 1. The average molecular weight is 344 g/mol. The van der Waals surface area contributed by atoms with E-state index in [1.807, 2.05) is 6.07 Å². The van der Waals surface area contributed by atoms with Crippen molar-refractivity contribution in [1.29, 1.82) is 5.26 Å². The average Bonchev–Trinajstić information content (AvgIpc) is 2.86. The Morgan fingerprint density at radius 2 is 2.04 bits per heavy atom. The molecule has 7 heteroatoms. The van der Waals surface area contributed by atoms with E-state index < -0.39 is 5.97 Å². The second kappa shape index (κ2) is 7.72. The minimum atomic E-state index is -0.930. The molecule has 5 nitrogen and oxygen atoms in total. The van der Waals surface area contributed by atoms with Crippen LogP contribution in [0.5, 0.6) is 0 Å². The standard InChI is InChI=1S/C16H12N2O3S2/c17-9-11-3-1-10(2-4-11)5-6-12(7-8-13(19)20)14-15(21)18-16(22)23-14/h1-6H,7-8H2,(H,19,20)(H,18,21,22)/b6-5+,14-12-. The Bertz CT molecular complexity index is 759. The molecule has 0 saturated carbocycles. The Morgan fingerprint density at radius 1 is 1.35 bits per heavy atom. The summed E-state index contributed by atoms with van der Waals surface area (Å²) in [5.74, 6) is -1.23. The van der Waals surface area contributed by atoms with Crippen molar-refractivity contribution in [2.75, 3.05) is 0 Å². The zero-order valence-corrected chi connectivity index (χ0v) is 13.5. The maximum absolute atomic E-state index is 11.9. The lowest BCUT2D eigenvalue weighted by Crippen LogP contribution is -2.18. The van der Waals surface area contributed by atoms with Gasteiger partial charge in [0.1, 0.15) is 4.32 Å². The highest BCUT2D eigenvalue weighted by atomic mass is 32.2. The van der Waals surface area contributed by atoms with Gasteiger partial charge in [0.05, 0.1) is 16.5 Å². The van der Waals surface area contributed by atoms with Gasteiger partial charge in [-0.1, -0.05) is 48.3 Å². The molecule has 0 aliphatic carbocycles. The van der Waals surface area contributed by atoms with Gasteiger partial charge in [0, 0.05) is 6.42 Å². The number of carbonyl (C=O) groups is 2. The zero-order valence-electron chi connectivity index (χ0n) is 11.9. The van der Waals surface area contributed by atoms with Crippen molar-refractivity contribution in [3.05, 3.63) is 51.9 Å². The van der Waals surface area contributed by atoms with Gasteiger partial charge in [-0.3, -0.25) is 9.59 Å². The number of nitrogens with one attached hydrogen (secondary N) is 1. The van der Waals surface area contributed by atoms with E-state index in [1.54, 1.807) is 36.4 Å². The SMILES string of the molecule is N#Cc1ccc(/C=C/C(CCC(=O)O)=C2/SC(=S)NC2=O)cc1. The lowest BCUT2D eigenvalue weighted by Gasteiger charge is -2.03. The highest BCUT2D eigenvalue weighted by Crippen LogP contribution is 2.30. The van der Waals surface area contributed by atoms with Gasteiger partial charge in [-0.15, -0.1) is 0 Å². The van der Waals surface area contributed by atoms with Crippen molar-refractivity contribution >= 4 is 46.3 Å². The van der Waals surface area contributed by atoms with Crippen LogP contribution in [0.2, 0.25) is 0 Å². The summed E-state index contributed by atoms with van der Waals surface area (Å²) in [4.78, 5) is 23.1. The highest BCUT2D eigenvalue weighted by molar-refractivity contribution is 8.26. The second-order valence-electron chi connectivity index (χ2n) is 4.66. The number of rotatable bonds is 5. The van der Waals surface area contributed by atoms with Crippen LogP contribution in [0.3, 0.4) is 0 Å². The van der Waals surface area contributed by atoms with Crippen molar-refractivity contribution in [2.24, 2.45) is 0 Å². The van der Waals surface area contributed by atoms with E-state index in [0.717, 1.165) is 17.3 Å². The molecular formula is C16H12N2O3S2. The summed E-state index contributed by atoms with van der Waals surface area (Å²) in [5.41, 5.74) is 2.03. The number of nitrogens with zero attached hydrogens (tertiary/aromatic N) is 1. The molecule has 0 aromatic heterocycles. The summed E-state index contributed by atoms with van der Waals surface area (Å²) in [6.45, 7) is 0. The fraction of sp³-hybridized carbons (Fsp3) is 0.125. The normalized spacial score (nSPS) is 16.3. The Balaban J connectivity index is 2.26. The number of carbonyl (C=O) groups excluding carboxylic acids is 1. The molecule has 1 fully saturated rings. The first-order valence-electron chi connectivity index (χ1n) is 6.66. The molecular weight excluding hydrogens is 332 g/mol. The van der Waals surface area contributed by atoms with E-state index in [4.69, 9.17) is 22.6 Å². The minimum absolute atomic E-state index is 0.0723. The third-order valence-corrected chi connectivity index (χ3v) is 4.32. The number of amides is 1. The first-order chi connectivity index (χ1) is 11.0. The van der Waals surface area contributed by atoms with E-state index in [0.29, 0.717) is 20.4 Å². The van der Waals surface area contributed by atoms with Crippen LogP contribution in [0.4, 0.5) is 0 Å². The lowest BCUT2D eigenvalue weighted by atomic mass is 10.1. The van der Waals surface area contributed by atoms with Crippen LogP contribution in [0.1, 0.15) is 24.0 Å². The molecule has 0 unspecified atom stereocenters. The van der Waals surface area contributed by atoms with Crippen molar-refractivity contribution in [3.8, 4) is 6.07 Å². The molecule has 0 atom stereocenters. The zero-order chi connectivity index (χ0) is 16.8. The molecule has 23 heavy (non-hydrogen) atoms. The summed E-state index contributed by atoms with van der Waals surface area (Å²) in [6, 6.07) is 8.98. The Morgan fingerprint density at radius 3 is 2.57 bits per heavy atom. The molecule has 1 aromatic carbocycles. The van der Waals surface area contributed by atoms with Gasteiger partial charge in [-0.2, -0.15) is 5.26 Å². The van der Waals surface area contributed by atoms with Gasteiger partial charge in [0.2, 0.25) is 0 Å². The van der Waals surface area contributed by atoms with Gasteiger partial charge in [0.25, 0.3) is 5.91 Å². The van der Waals surface area contributed by atoms with E-state index in [1.165, 1.54) is 0 Å². The summed E-state index contributed by atoms with van der Waals surface area (Å²) in [7, 11) is 0. The first-order valence-corrected chi connectivity index (χ1v) is 7.88. The Hall–Kier alpha value is -2.43. The summed E-state index contributed by atoms with van der Waals surface area (Å²) in [6.07, 6.45) is 3.67. The van der Waals surface area contributed by atoms with E-state index in [2.05, 4.69) is 5.32 Å². The highest BCUT2D eigenvalue weighted by Gasteiger charge is 2.25. The fourth-order valence-electron chi connectivity index (χ4n) is 1.91. The molecule has 1 aromatic rings. The van der Waals surface area contributed by atoms with Crippen LogP contribution >= 0.6 is 24.0 Å². The number of hydrogen-bond donors (Lipinski definition) is 2. The minimum Gasteiger partial charge on any atom is -0.481 e. The third-order valence-electron chi connectivity index (χ3n) is 3.03. The predicted molar refractivity (Wildman–Crippen MR) is 92.4 cm³/mol. The number of benzene rings is 1. The van der Waals surface area contributed by atoms with E-state index in [-0.39, 0.29) is 18.7 Å². The number of nitriles is 1. The van der Waals surface area contributed by atoms with Gasteiger partial charge in [0.15, 0.2) is 0 Å². The predicted octanol–water partition coefficient (Wildman–Crippen LogP) is 2.84. The van der Waals surface area contributed by atoms with Gasteiger partial charge in [-0.05, 0) is 29.7 Å². The van der Waals surface area contributed by atoms with Crippen LogP contribution in [-0.2, 0) is 9.59 Å². The van der Waals surface area contributed by atoms with Crippen molar-refractivity contribution in [2.45, 2.75) is 12.8 Å². The lowest BCUT2D eigenvalue weighted by molar-refractivity contribution is -0.137. The maximum Gasteiger partial charge on any atom is 0.303 e. The van der Waals surface area contributed by atoms with Crippen molar-refractivity contribution in [3.63, 3.8) is 0 Å². The van der Waals surface area contributed by atoms with Gasteiger partial charge >= 0.3 is 5.97 Å². The number of thiocarbonyl (C=S) groups is 1. The third kappa shape index (κ3) is 4.77. The molecule has 1 amide bonds. The molecule has 2 N–H and O–H groups in total. The topological polar surface area (TPSA) is 90.2 Å². The number of allylic oxidation sites excluding steroid dienone is 2. The quantitative estimate of drug-likeness (QED) is 0.630. The van der Waals surface area contributed by atoms with Crippen molar-refractivity contribution < 1.29 is 14.7 Å². The molecule has 1 saturated heterocycles. The number of carboxylic acid groups (broad SMARTS) is 1. The molecule has 1 heterocycles. The Kier molecular flexibility index (Phi) is 5.68. The molecule has 1 aliphatic heterocycles. The second-order valence-corrected chi connectivity index (χ2v) is 6.35. The van der Waals surface area contributed by atoms with E-state index in [9.17, 15) is 9.59 Å². The van der Waals surface area contributed by atoms with Crippen LogP contribution in [0.15, 0.2) is 40.8 Å². The van der Waals surface area contributed by atoms with Crippen LogP contribution < -0.4 is 5.32 Å². The van der Waals surface area contributed by atoms with Crippen LogP contribution in [0, 0.1) is 11.3 Å². The summed E-state index contributed by atoms with van der Waals surface area (Å²) in [5, 5.41) is 20.2. The van der Waals surface area contributed by atoms with Crippen LogP contribution in [-0.4, -0.2) is 21.3 Å². The monoisotopic (exact) mass is 344 g/mol. The smallest absolute Gasteiger partial charge is 0.303 e. The maximum atomic E-state index is 11.9. The van der Waals surface area contributed by atoms with Gasteiger partial charge < -0.3 is 10.4 Å². The summed E-state index contributed by atoms with van der Waals surface area (Å²) < 4.78 is 0.365. The summed E-state index contributed by atoms with van der Waals surface area (Å²) >= 11 is 6.10. The number of thioether (sulfide) groups is 1. The molecule has 0 spiro atoms. The molecule has 0 bridgehead atoms. The first kappa shape index (κ1) is 16.9.